The number of hydrogen-bond donors (Lipinski definition) is 1. The molecule has 1 saturated heterocycles. The smallest absolute Gasteiger partial charge is 0.325 e. The van der Waals surface area contributed by atoms with Crippen LogP contribution in [0.2, 0.25) is 0 Å². The molecule has 0 unspecified atom stereocenters. The number of aromatic nitrogens is 2. The van der Waals surface area contributed by atoms with Crippen molar-refractivity contribution in [3.05, 3.63) is 51.6 Å². The van der Waals surface area contributed by atoms with E-state index in [2.05, 4.69) is 22.2 Å². The van der Waals surface area contributed by atoms with Gasteiger partial charge < -0.3 is 15.2 Å². The molecule has 11 heteroatoms. The zero-order valence-corrected chi connectivity index (χ0v) is 18.4. The minimum absolute atomic E-state index is 0.0123. The van der Waals surface area contributed by atoms with Crippen molar-refractivity contribution in [1.82, 2.24) is 14.6 Å². The summed E-state index contributed by atoms with van der Waals surface area (Å²) < 4.78 is 39.7. The molecule has 1 aliphatic carbocycles. The van der Waals surface area contributed by atoms with Crippen molar-refractivity contribution in [2.45, 2.75) is 30.5 Å². The van der Waals surface area contributed by atoms with E-state index in [1.54, 1.807) is 4.68 Å². The van der Waals surface area contributed by atoms with Crippen LogP contribution in [0.15, 0.2) is 34.1 Å². The number of fused-ring (bicyclic) bond motifs is 1. The molecule has 0 radical (unpaired) electrons. The van der Waals surface area contributed by atoms with E-state index in [0.717, 1.165) is 68.8 Å². The Morgan fingerprint density at radius 1 is 1.12 bits per heavy atom. The summed E-state index contributed by atoms with van der Waals surface area (Å²) in [6.45, 7) is 3.27. The Bertz CT molecular complexity index is 1050. The molecule has 1 aliphatic heterocycles. The molecule has 7 nitrogen and oxygen atoms in total. The summed E-state index contributed by atoms with van der Waals surface area (Å²) in [5.41, 5.74) is 1.16. The van der Waals surface area contributed by atoms with Crippen LogP contribution in [-0.2, 0) is 23.8 Å². The number of likely N-dealkylation sites (N-methyl/N-ethyl adjacent to an activating group) is 1. The Balaban J connectivity index is 1.44. The highest BCUT2D eigenvalue weighted by molar-refractivity contribution is 8.00. The van der Waals surface area contributed by atoms with Crippen molar-refractivity contribution in [3.63, 3.8) is 0 Å². The summed E-state index contributed by atoms with van der Waals surface area (Å²) in [5.74, 6) is -0.357. The molecular weight excluding hydrogens is 443 g/mol. The van der Waals surface area contributed by atoms with Gasteiger partial charge in [0.05, 0.1) is 17.0 Å². The van der Waals surface area contributed by atoms with Crippen LogP contribution >= 0.6 is 11.8 Å². The molecule has 0 saturated carbocycles. The van der Waals surface area contributed by atoms with Crippen molar-refractivity contribution in [1.29, 1.82) is 0 Å². The van der Waals surface area contributed by atoms with E-state index in [9.17, 15) is 22.8 Å². The summed E-state index contributed by atoms with van der Waals surface area (Å²) >= 11 is 1.19. The highest BCUT2D eigenvalue weighted by atomic mass is 32.2. The molecule has 1 N–H and O–H groups in total. The van der Waals surface area contributed by atoms with Gasteiger partial charge in [0.1, 0.15) is 5.03 Å². The quantitative estimate of drug-likeness (QED) is 0.538. The molecule has 1 amide bonds. The minimum atomic E-state index is -4.42. The summed E-state index contributed by atoms with van der Waals surface area (Å²) in [6.07, 6.45) is -1.89. The first kappa shape index (κ1) is 22.7. The number of carbonyl (C=O) groups is 1. The van der Waals surface area contributed by atoms with Crippen LogP contribution in [0.3, 0.4) is 0 Å². The van der Waals surface area contributed by atoms with E-state index >= 15 is 0 Å². The fourth-order valence-corrected chi connectivity index (χ4v) is 4.87. The van der Waals surface area contributed by atoms with Gasteiger partial charge in [-0.3, -0.25) is 4.79 Å². The molecule has 2 aromatic rings. The van der Waals surface area contributed by atoms with Gasteiger partial charge in [0.25, 0.3) is 0 Å². The van der Waals surface area contributed by atoms with Crippen molar-refractivity contribution in [3.8, 4) is 0 Å². The highest BCUT2D eigenvalue weighted by Gasteiger charge is 2.30. The Morgan fingerprint density at radius 2 is 1.81 bits per heavy atom. The van der Waals surface area contributed by atoms with Gasteiger partial charge in [-0.1, -0.05) is 11.8 Å². The first-order valence-electron chi connectivity index (χ1n) is 10.4. The number of thioether (sulfide) groups is 1. The van der Waals surface area contributed by atoms with Gasteiger partial charge >= 0.3 is 11.9 Å². The molecule has 1 aromatic carbocycles. The second-order valence-electron chi connectivity index (χ2n) is 7.96. The molecule has 172 valence electrons. The number of benzene rings is 1. The van der Waals surface area contributed by atoms with Gasteiger partial charge in [-0.2, -0.15) is 18.2 Å². The van der Waals surface area contributed by atoms with Gasteiger partial charge in [0.2, 0.25) is 5.91 Å². The molecule has 0 bridgehead atoms. The third kappa shape index (κ3) is 4.93. The number of nitrogens with zero attached hydrogens (tertiary/aromatic N) is 4. The van der Waals surface area contributed by atoms with E-state index in [1.807, 2.05) is 5.01 Å². The van der Waals surface area contributed by atoms with E-state index < -0.39 is 11.7 Å². The maximum atomic E-state index is 12.8. The summed E-state index contributed by atoms with van der Waals surface area (Å²) in [4.78, 5) is 31.6. The average Bonchev–Trinajstić information content (AvgIpc) is 3.22. The minimum Gasteiger partial charge on any atom is -0.325 e. The molecule has 4 rings (SSSR count). The number of carbonyl (C=O) groups excluding carboxylic acids is 1. The van der Waals surface area contributed by atoms with Crippen molar-refractivity contribution < 1.29 is 18.0 Å². The first-order valence-corrected chi connectivity index (χ1v) is 11.4. The number of nitrogens with one attached hydrogen (secondary N) is 1. The second-order valence-corrected chi connectivity index (χ2v) is 8.92. The van der Waals surface area contributed by atoms with Crippen LogP contribution in [-0.4, -0.2) is 59.4 Å². The van der Waals surface area contributed by atoms with Gasteiger partial charge in [-0.25, -0.2) is 9.47 Å². The summed E-state index contributed by atoms with van der Waals surface area (Å²) in [5, 5.41) is 5.20. The predicted molar refractivity (Wildman–Crippen MR) is 117 cm³/mol. The van der Waals surface area contributed by atoms with Crippen molar-refractivity contribution in [2.75, 3.05) is 49.3 Å². The van der Waals surface area contributed by atoms with Gasteiger partial charge in [0, 0.05) is 37.4 Å². The van der Waals surface area contributed by atoms with E-state index in [-0.39, 0.29) is 23.0 Å². The van der Waals surface area contributed by atoms with Gasteiger partial charge in [-0.05, 0) is 50.6 Å². The average molecular weight is 468 g/mol. The SMILES string of the molecule is CN1CCN(n2c3c(c(SCC(=O)Nc4ccc(C(F)(F)F)cc4)nc2=O)CCC3)CC1. The fraction of sp³-hybridized carbons (Fsp3) is 0.476. The topological polar surface area (TPSA) is 70.5 Å². The van der Waals surface area contributed by atoms with E-state index in [0.29, 0.717) is 5.03 Å². The zero-order valence-electron chi connectivity index (χ0n) is 17.6. The fourth-order valence-electron chi connectivity index (χ4n) is 3.99. The number of rotatable bonds is 5. The molecule has 32 heavy (non-hydrogen) atoms. The van der Waals surface area contributed by atoms with Crippen LogP contribution in [0.25, 0.3) is 0 Å². The standard InChI is InChI=1S/C21H24F3N5O2S/c1-27-9-11-28(12-10-27)29-17-4-2-3-16(17)19(26-20(29)31)32-13-18(30)25-15-7-5-14(6-8-15)21(22,23)24/h5-8H,2-4,9-13H2,1H3,(H,25,30). The summed E-state index contributed by atoms with van der Waals surface area (Å²) in [7, 11) is 2.05. The second kappa shape index (κ2) is 9.14. The number of anilines is 1. The van der Waals surface area contributed by atoms with Crippen LogP contribution < -0.4 is 16.0 Å². The first-order chi connectivity index (χ1) is 15.2. The van der Waals surface area contributed by atoms with Crippen LogP contribution in [0.1, 0.15) is 23.2 Å². The monoisotopic (exact) mass is 467 g/mol. The molecule has 1 aromatic heterocycles. The lowest BCUT2D eigenvalue weighted by molar-refractivity contribution is -0.137. The number of amides is 1. The molecule has 0 spiro atoms. The maximum Gasteiger partial charge on any atom is 0.416 e. The lowest BCUT2D eigenvalue weighted by atomic mass is 10.2. The molecule has 2 aliphatic rings. The Morgan fingerprint density at radius 3 is 2.47 bits per heavy atom. The van der Waals surface area contributed by atoms with Crippen LogP contribution in [0.4, 0.5) is 18.9 Å². The number of piperazine rings is 1. The lowest BCUT2D eigenvalue weighted by Gasteiger charge is -2.35. The highest BCUT2D eigenvalue weighted by Crippen LogP contribution is 2.31. The van der Waals surface area contributed by atoms with Crippen LogP contribution in [0, 0.1) is 0 Å². The maximum absolute atomic E-state index is 12.8. The van der Waals surface area contributed by atoms with Gasteiger partial charge in [-0.15, -0.1) is 0 Å². The molecular formula is C21H24F3N5O2S. The van der Waals surface area contributed by atoms with E-state index in [4.69, 9.17) is 0 Å². The summed E-state index contributed by atoms with van der Waals surface area (Å²) in [6, 6.07) is 4.29. The third-order valence-corrected chi connectivity index (χ3v) is 6.70. The molecule has 1 fully saturated rings. The molecule has 0 atom stereocenters. The Hall–Kier alpha value is -2.53. The number of alkyl halides is 3. The molecule has 2 heterocycles. The zero-order chi connectivity index (χ0) is 22.9. The van der Waals surface area contributed by atoms with E-state index in [1.165, 1.54) is 23.9 Å². The lowest BCUT2D eigenvalue weighted by Crippen LogP contribution is -2.54. The third-order valence-electron chi connectivity index (χ3n) is 5.68. The Labute approximate surface area is 187 Å². The largest absolute Gasteiger partial charge is 0.416 e. The Kier molecular flexibility index (Phi) is 6.47. The van der Waals surface area contributed by atoms with Gasteiger partial charge in [0.15, 0.2) is 0 Å². The number of hydrogen-bond acceptors (Lipinski definition) is 6. The normalized spacial score (nSPS) is 16.8. The van der Waals surface area contributed by atoms with Crippen molar-refractivity contribution in [2.24, 2.45) is 0 Å². The number of halogens is 3. The van der Waals surface area contributed by atoms with Crippen molar-refractivity contribution >= 4 is 23.4 Å². The van der Waals surface area contributed by atoms with Crippen LogP contribution in [0.5, 0.6) is 0 Å². The predicted octanol–water partition coefficient (Wildman–Crippen LogP) is 2.37.